The van der Waals surface area contributed by atoms with E-state index in [2.05, 4.69) is 30.4 Å². The van der Waals surface area contributed by atoms with Crippen molar-refractivity contribution < 1.29 is 9.59 Å². The number of nitrogens with one attached hydrogen (secondary N) is 1. The van der Waals surface area contributed by atoms with E-state index in [1.54, 1.807) is 23.7 Å². The molecule has 3 aromatic carbocycles. The van der Waals surface area contributed by atoms with E-state index < -0.39 is 6.04 Å². The van der Waals surface area contributed by atoms with E-state index in [4.69, 9.17) is 0 Å². The molecule has 0 radical (unpaired) electrons. The molecule has 5 heteroatoms. The lowest BCUT2D eigenvalue weighted by atomic mass is 10.0. The third kappa shape index (κ3) is 6.99. The van der Waals surface area contributed by atoms with Crippen molar-refractivity contribution in [2.45, 2.75) is 31.7 Å². The van der Waals surface area contributed by atoms with Crippen LogP contribution in [-0.2, 0) is 28.3 Å². The summed E-state index contributed by atoms with van der Waals surface area (Å²) in [5.41, 5.74) is 4.44. The standard InChI is InChI=1S/C27H30N2O2S/c1-21-10-9-15-24(16-21)19-32-20-26(30)29(18-23-13-7-4-8-14-23)25(27(31)28-2)17-22-11-5-3-6-12-22/h3-16,25H,17-20H2,1-2H3,(H,28,31)/t25-/m1/s1. The molecule has 0 aliphatic carbocycles. The summed E-state index contributed by atoms with van der Waals surface area (Å²) >= 11 is 1.58. The molecule has 0 spiro atoms. The lowest BCUT2D eigenvalue weighted by Gasteiger charge is -2.31. The monoisotopic (exact) mass is 446 g/mol. The molecule has 0 aliphatic heterocycles. The molecule has 1 N–H and O–H groups in total. The van der Waals surface area contributed by atoms with Crippen LogP contribution < -0.4 is 5.32 Å². The van der Waals surface area contributed by atoms with E-state index in [-0.39, 0.29) is 11.8 Å². The first kappa shape index (κ1) is 23.6. The minimum absolute atomic E-state index is 0.0314. The second kappa shape index (κ2) is 12.1. The fourth-order valence-electron chi connectivity index (χ4n) is 3.64. The zero-order valence-corrected chi connectivity index (χ0v) is 19.5. The Hall–Kier alpha value is -3.05. The molecule has 166 valence electrons. The predicted octanol–water partition coefficient (Wildman–Crippen LogP) is 4.61. The van der Waals surface area contributed by atoms with E-state index in [1.807, 2.05) is 66.7 Å². The van der Waals surface area contributed by atoms with Gasteiger partial charge in [-0.05, 0) is 23.6 Å². The van der Waals surface area contributed by atoms with Crippen molar-refractivity contribution in [1.82, 2.24) is 10.2 Å². The quantitative estimate of drug-likeness (QED) is 0.495. The van der Waals surface area contributed by atoms with Gasteiger partial charge in [0.25, 0.3) is 0 Å². The molecule has 3 aromatic rings. The van der Waals surface area contributed by atoms with Gasteiger partial charge >= 0.3 is 0 Å². The third-order valence-electron chi connectivity index (χ3n) is 5.29. The van der Waals surface area contributed by atoms with E-state index in [0.717, 1.165) is 16.9 Å². The summed E-state index contributed by atoms with van der Waals surface area (Å²) < 4.78 is 0. The Kier molecular flexibility index (Phi) is 8.93. The summed E-state index contributed by atoms with van der Waals surface area (Å²) in [7, 11) is 1.62. The molecule has 4 nitrogen and oxygen atoms in total. The average Bonchev–Trinajstić information content (AvgIpc) is 2.82. The van der Waals surface area contributed by atoms with Gasteiger partial charge in [0.2, 0.25) is 11.8 Å². The zero-order chi connectivity index (χ0) is 22.8. The number of hydrogen-bond acceptors (Lipinski definition) is 3. The minimum atomic E-state index is -0.574. The Labute approximate surface area is 195 Å². The van der Waals surface area contributed by atoms with Crippen molar-refractivity contribution >= 4 is 23.6 Å². The molecule has 3 rings (SSSR count). The van der Waals surface area contributed by atoms with Crippen molar-refractivity contribution in [2.24, 2.45) is 0 Å². The van der Waals surface area contributed by atoms with Gasteiger partial charge in [-0.1, -0.05) is 90.5 Å². The highest BCUT2D eigenvalue weighted by Gasteiger charge is 2.29. The molecule has 32 heavy (non-hydrogen) atoms. The molecular formula is C27H30N2O2S. The van der Waals surface area contributed by atoms with Crippen LogP contribution in [0.4, 0.5) is 0 Å². The highest BCUT2D eigenvalue weighted by molar-refractivity contribution is 7.99. The first-order chi connectivity index (χ1) is 15.6. The van der Waals surface area contributed by atoms with Gasteiger partial charge in [0, 0.05) is 25.8 Å². The van der Waals surface area contributed by atoms with Gasteiger partial charge < -0.3 is 10.2 Å². The normalized spacial score (nSPS) is 11.6. The Morgan fingerprint density at radius 3 is 2.12 bits per heavy atom. The van der Waals surface area contributed by atoms with E-state index >= 15 is 0 Å². The maximum absolute atomic E-state index is 13.4. The van der Waals surface area contributed by atoms with Crippen LogP contribution in [0.2, 0.25) is 0 Å². The number of aryl methyl sites for hydroxylation is 1. The number of amides is 2. The number of carbonyl (C=O) groups excluding carboxylic acids is 2. The first-order valence-corrected chi connectivity index (χ1v) is 11.9. The Balaban J connectivity index is 1.78. The molecule has 1 atom stereocenters. The first-order valence-electron chi connectivity index (χ1n) is 10.8. The summed E-state index contributed by atoms with van der Waals surface area (Å²) in [6, 6.07) is 27.4. The summed E-state index contributed by atoms with van der Waals surface area (Å²) in [5.74, 6) is 0.900. The fraction of sp³-hybridized carbons (Fsp3) is 0.259. The van der Waals surface area contributed by atoms with Crippen LogP contribution in [0, 0.1) is 6.92 Å². The van der Waals surface area contributed by atoms with Crippen molar-refractivity contribution in [1.29, 1.82) is 0 Å². The van der Waals surface area contributed by atoms with Crippen LogP contribution in [-0.4, -0.2) is 35.6 Å². The van der Waals surface area contributed by atoms with Gasteiger partial charge in [0.1, 0.15) is 6.04 Å². The summed E-state index contributed by atoms with van der Waals surface area (Å²) in [6.45, 7) is 2.47. The number of hydrogen-bond donors (Lipinski definition) is 1. The molecule has 0 saturated heterocycles. The van der Waals surface area contributed by atoms with Gasteiger partial charge in [-0.3, -0.25) is 9.59 Å². The second-order valence-corrected chi connectivity index (χ2v) is 8.79. The topological polar surface area (TPSA) is 49.4 Å². The van der Waals surface area contributed by atoms with Crippen molar-refractivity contribution in [3.05, 3.63) is 107 Å². The molecule has 0 heterocycles. The van der Waals surface area contributed by atoms with Crippen LogP contribution in [0.15, 0.2) is 84.9 Å². The van der Waals surface area contributed by atoms with Gasteiger partial charge in [-0.2, -0.15) is 0 Å². The van der Waals surface area contributed by atoms with Gasteiger partial charge in [-0.25, -0.2) is 0 Å². The average molecular weight is 447 g/mol. The SMILES string of the molecule is CNC(=O)[C@@H](Cc1ccccc1)N(Cc1ccccc1)C(=O)CSCc1cccc(C)c1. The van der Waals surface area contributed by atoms with E-state index in [1.165, 1.54) is 11.1 Å². The zero-order valence-electron chi connectivity index (χ0n) is 18.7. The van der Waals surface area contributed by atoms with Crippen LogP contribution >= 0.6 is 11.8 Å². The number of thioether (sulfide) groups is 1. The molecule has 0 saturated carbocycles. The molecule has 0 aliphatic rings. The summed E-state index contributed by atoms with van der Waals surface area (Å²) in [5, 5.41) is 2.75. The van der Waals surface area contributed by atoms with Crippen LogP contribution in [0.3, 0.4) is 0 Å². The fourth-order valence-corrected chi connectivity index (χ4v) is 4.50. The van der Waals surface area contributed by atoms with Crippen LogP contribution in [0.1, 0.15) is 22.3 Å². The van der Waals surface area contributed by atoms with Gasteiger partial charge in [0.05, 0.1) is 5.75 Å². The molecule has 0 unspecified atom stereocenters. The summed E-state index contributed by atoms with van der Waals surface area (Å²) in [6.07, 6.45) is 0.474. The minimum Gasteiger partial charge on any atom is -0.357 e. The Morgan fingerprint density at radius 1 is 0.875 bits per heavy atom. The second-order valence-electron chi connectivity index (χ2n) is 7.81. The Morgan fingerprint density at radius 2 is 1.50 bits per heavy atom. The van der Waals surface area contributed by atoms with E-state index in [9.17, 15) is 9.59 Å². The highest BCUT2D eigenvalue weighted by Crippen LogP contribution is 2.19. The number of nitrogens with zero attached hydrogens (tertiary/aromatic N) is 1. The van der Waals surface area contributed by atoms with Crippen molar-refractivity contribution in [3.63, 3.8) is 0 Å². The maximum atomic E-state index is 13.4. The maximum Gasteiger partial charge on any atom is 0.242 e. The highest BCUT2D eigenvalue weighted by atomic mass is 32.2. The molecule has 0 bridgehead atoms. The molecule has 0 aromatic heterocycles. The molecular weight excluding hydrogens is 416 g/mol. The van der Waals surface area contributed by atoms with Gasteiger partial charge in [0.15, 0.2) is 0 Å². The number of benzene rings is 3. The largest absolute Gasteiger partial charge is 0.357 e. The lowest BCUT2D eigenvalue weighted by molar-refractivity contribution is -0.139. The Bertz CT molecular complexity index is 1010. The number of carbonyl (C=O) groups is 2. The summed E-state index contributed by atoms with van der Waals surface area (Å²) in [4.78, 5) is 28.0. The van der Waals surface area contributed by atoms with Crippen LogP contribution in [0.25, 0.3) is 0 Å². The molecule has 0 fully saturated rings. The lowest BCUT2D eigenvalue weighted by Crippen LogP contribution is -2.50. The van der Waals surface area contributed by atoms with Crippen molar-refractivity contribution in [2.75, 3.05) is 12.8 Å². The smallest absolute Gasteiger partial charge is 0.242 e. The van der Waals surface area contributed by atoms with Crippen LogP contribution in [0.5, 0.6) is 0 Å². The van der Waals surface area contributed by atoms with Crippen molar-refractivity contribution in [3.8, 4) is 0 Å². The number of rotatable bonds is 10. The number of likely N-dealkylation sites (N-methyl/N-ethyl adjacent to an activating group) is 1. The molecule has 2 amide bonds. The predicted molar refractivity (Wildman–Crippen MR) is 132 cm³/mol. The van der Waals surface area contributed by atoms with Gasteiger partial charge in [-0.15, -0.1) is 11.8 Å². The van der Waals surface area contributed by atoms with E-state index in [0.29, 0.717) is 18.7 Å². The third-order valence-corrected chi connectivity index (χ3v) is 6.28.